The molecule has 0 aromatic heterocycles. The van der Waals surface area contributed by atoms with Crippen LogP contribution in [0.3, 0.4) is 0 Å². The zero-order chi connectivity index (χ0) is 7.98. The van der Waals surface area contributed by atoms with Crippen LogP contribution >= 0.6 is 0 Å². The summed E-state index contributed by atoms with van der Waals surface area (Å²) in [5.41, 5.74) is 10.7. The second kappa shape index (κ2) is 5.61. The molecule has 10 heavy (non-hydrogen) atoms. The van der Waals surface area contributed by atoms with E-state index in [4.69, 9.17) is 20.9 Å². The first-order valence-corrected chi connectivity index (χ1v) is 3.25. The Hall–Kier alpha value is -0.160. The van der Waals surface area contributed by atoms with Gasteiger partial charge in [0, 0.05) is 27.3 Å². The molecule has 4 nitrogen and oxygen atoms in total. The second-order valence-electron chi connectivity index (χ2n) is 2.02. The third-order valence-electron chi connectivity index (χ3n) is 1.48. The van der Waals surface area contributed by atoms with Crippen LogP contribution in [-0.4, -0.2) is 39.5 Å². The van der Waals surface area contributed by atoms with E-state index >= 15 is 0 Å². The Bertz CT molecular complexity index is 62.1. The molecule has 0 radical (unpaired) electrons. The predicted molar refractivity (Wildman–Crippen MR) is 39.7 cm³/mol. The van der Waals surface area contributed by atoms with Crippen LogP contribution in [0.1, 0.15) is 0 Å². The van der Waals surface area contributed by atoms with E-state index in [1.54, 1.807) is 14.2 Å². The standard InChI is InChI=1S/C6H16N2O2/c1-9-5(3-7)6(4-8)10-2/h5-6H,3-4,7-8H2,1-2H3/t5-,6+. The summed E-state index contributed by atoms with van der Waals surface area (Å²) >= 11 is 0. The van der Waals surface area contributed by atoms with Gasteiger partial charge in [-0.05, 0) is 0 Å². The first kappa shape index (κ1) is 9.84. The van der Waals surface area contributed by atoms with Gasteiger partial charge in [-0.1, -0.05) is 0 Å². The fraction of sp³-hybridized carbons (Fsp3) is 1.00. The molecule has 0 saturated heterocycles. The van der Waals surface area contributed by atoms with Crippen molar-refractivity contribution >= 4 is 0 Å². The van der Waals surface area contributed by atoms with Gasteiger partial charge in [-0.25, -0.2) is 0 Å². The Labute approximate surface area is 61.5 Å². The van der Waals surface area contributed by atoms with Gasteiger partial charge in [-0.3, -0.25) is 0 Å². The first-order valence-electron chi connectivity index (χ1n) is 3.25. The smallest absolute Gasteiger partial charge is 0.0966 e. The van der Waals surface area contributed by atoms with Crippen molar-refractivity contribution in [2.24, 2.45) is 11.5 Å². The van der Waals surface area contributed by atoms with Crippen LogP contribution in [0.25, 0.3) is 0 Å². The summed E-state index contributed by atoms with van der Waals surface area (Å²) in [7, 11) is 3.19. The van der Waals surface area contributed by atoms with Crippen LogP contribution in [0, 0.1) is 0 Å². The second-order valence-corrected chi connectivity index (χ2v) is 2.02. The average Bonchev–Trinajstić information content (AvgIpc) is 2.00. The molecule has 2 atom stereocenters. The fourth-order valence-corrected chi connectivity index (χ4v) is 0.800. The van der Waals surface area contributed by atoms with E-state index in [1.807, 2.05) is 0 Å². The molecule has 4 N–H and O–H groups in total. The molecule has 4 heteroatoms. The monoisotopic (exact) mass is 148 g/mol. The highest BCUT2D eigenvalue weighted by Gasteiger charge is 2.16. The minimum atomic E-state index is -0.0880. The molecule has 0 rings (SSSR count). The van der Waals surface area contributed by atoms with E-state index in [2.05, 4.69) is 0 Å². The highest BCUT2D eigenvalue weighted by molar-refractivity contribution is 4.71. The maximum Gasteiger partial charge on any atom is 0.0966 e. The number of rotatable bonds is 5. The Kier molecular flexibility index (Phi) is 5.52. The molecule has 0 aromatic rings. The zero-order valence-corrected chi connectivity index (χ0v) is 6.54. The molecule has 0 spiro atoms. The van der Waals surface area contributed by atoms with E-state index < -0.39 is 0 Å². The summed E-state index contributed by atoms with van der Waals surface area (Å²) < 4.78 is 10.0. The van der Waals surface area contributed by atoms with Crippen molar-refractivity contribution < 1.29 is 9.47 Å². The van der Waals surface area contributed by atoms with E-state index in [-0.39, 0.29) is 12.2 Å². The van der Waals surface area contributed by atoms with Crippen molar-refractivity contribution in [3.63, 3.8) is 0 Å². The minimum absolute atomic E-state index is 0.0880. The maximum atomic E-state index is 5.37. The Morgan fingerprint density at radius 2 is 1.30 bits per heavy atom. The summed E-state index contributed by atoms with van der Waals surface area (Å²) in [6.07, 6.45) is -0.176. The maximum absolute atomic E-state index is 5.37. The number of nitrogens with two attached hydrogens (primary N) is 2. The highest BCUT2D eigenvalue weighted by Crippen LogP contribution is 1.98. The third-order valence-corrected chi connectivity index (χ3v) is 1.48. The van der Waals surface area contributed by atoms with E-state index in [0.29, 0.717) is 13.1 Å². The number of hydrogen-bond donors (Lipinski definition) is 2. The zero-order valence-electron chi connectivity index (χ0n) is 6.54. The summed E-state index contributed by atoms with van der Waals surface area (Å²) in [6, 6.07) is 0. The fourth-order valence-electron chi connectivity index (χ4n) is 0.800. The normalized spacial score (nSPS) is 16.8. The lowest BCUT2D eigenvalue weighted by Crippen LogP contribution is -2.41. The van der Waals surface area contributed by atoms with Crippen LogP contribution in [0.4, 0.5) is 0 Å². The molecule has 0 saturated carbocycles. The lowest BCUT2D eigenvalue weighted by molar-refractivity contribution is -0.0255. The molecular formula is C6H16N2O2. The van der Waals surface area contributed by atoms with Crippen LogP contribution in [-0.2, 0) is 9.47 Å². The van der Waals surface area contributed by atoms with Gasteiger partial charge >= 0.3 is 0 Å². The molecule has 0 fully saturated rings. The van der Waals surface area contributed by atoms with Gasteiger partial charge in [0.05, 0.1) is 12.2 Å². The lowest BCUT2D eigenvalue weighted by Gasteiger charge is -2.21. The van der Waals surface area contributed by atoms with Crippen LogP contribution < -0.4 is 11.5 Å². The van der Waals surface area contributed by atoms with Gasteiger partial charge in [0.1, 0.15) is 0 Å². The van der Waals surface area contributed by atoms with Crippen LogP contribution in [0.5, 0.6) is 0 Å². The molecular weight excluding hydrogens is 132 g/mol. The molecule has 0 amide bonds. The first-order chi connectivity index (χ1) is 4.79. The highest BCUT2D eigenvalue weighted by atomic mass is 16.5. The number of hydrogen-bond acceptors (Lipinski definition) is 4. The van der Waals surface area contributed by atoms with Gasteiger partial charge in [0.2, 0.25) is 0 Å². The van der Waals surface area contributed by atoms with Gasteiger partial charge in [-0.2, -0.15) is 0 Å². The largest absolute Gasteiger partial charge is 0.377 e. The van der Waals surface area contributed by atoms with E-state index in [1.165, 1.54) is 0 Å². The number of methoxy groups -OCH3 is 2. The average molecular weight is 148 g/mol. The summed E-state index contributed by atoms with van der Waals surface area (Å²) in [5, 5.41) is 0. The Balaban J connectivity index is 3.70. The van der Waals surface area contributed by atoms with Crippen molar-refractivity contribution in [3.8, 4) is 0 Å². The van der Waals surface area contributed by atoms with Crippen LogP contribution in [0.2, 0.25) is 0 Å². The van der Waals surface area contributed by atoms with Gasteiger partial charge in [0.15, 0.2) is 0 Å². The quantitative estimate of drug-likeness (QED) is 0.521. The Morgan fingerprint density at radius 3 is 1.40 bits per heavy atom. The van der Waals surface area contributed by atoms with Gasteiger partial charge in [0.25, 0.3) is 0 Å². The molecule has 0 aliphatic rings. The van der Waals surface area contributed by atoms with Crippen molar-refractivity contribution in [2.45, 2.75) is 12.2 Å². The molecule has 0 unspecified atom stereocenters. The third kappa shape index (κ3) is 2.62. The van der Waals surface area contributed by atoms with Gasteiger partial charge < -0.3 is 20.9 Å². The molecule has 0 aliphatic heterocycles. The Morgan fingerprint density at radius 1 is 1.00 bits per heavy atom. The van der Waals surface area contributed by atoms with Gasteiger partial charge in [-0.15, -0.1) is 0 Å². The van der Waals surface area contributed by atoms with E-state index in [9.17, 15) is 0 Å². The SMILES string of the molecule is CO[C@@H](CN)[C@@H](CN)OC. The van der Waals surface area contributed by atoms with Crippen molar-refractivity contribution in [3.05, 3.63) is 0 Å². The molecule has 62 valence electrons. The summed E-state index contributed by atoms with van der Waals surface area (Å²) in [5.74, 6) is 0. The van der Waals surface area contributed by atoms with Crippen molar-refractivity contribution in [1.82, 2.24) is 0 Å². The lowest BCUT2D eigenvalue weighted by atomic mass is 10.2. The molecule has 0 bridgehead atoms. The van der Waals surface area contributed by atoms with Crippen molar-refractivity contribution in [1.29, 1.82) is 0 Å². The number of ether oxygens (including phenoxy) is 2. The summed E-state index contributed by atoms with van der Waals surface area (Å²) in [6.45, 7) is 0.873. The molecule has 0 heterocycles. The van der Waals surface area contributed by atoms with Crippen molar-refractivity contribution in [2.75, 3.05) is 27.3 Å². The molecule has 0 aromatic carbocycles. The van der Waals surface area contributed by atoms with Crippen LogP contribution in [0.15, 0.2) is 0 Å². The molecule has 0 aliphatic carbocycles. The minimum Gasteiger partial charge on any atom is -0.377 e. The van der Waals surface area contributed by atoms with E-state index in [0.717, 1.165) is 0 Å². The topological polar surface area (TPSA) is 70.5 Å². The summed E-state index contributed by atoms with van der Waals surface area (Å²) in [4.78, 5) is 0. The predicted octanol–water partition coefficient (Wildman–Crippen LogP) is -1.07.